The van der Waals surface area contributed by atoms with Gasteiger partial charge in [-0.15, -0.1) is 0 Å². The lowest BCUT2D eigenvalue weighted by molar-refractivity contribution is 0.0731. The lowest BCUT2D eigenvalue weighted by Gasteiger charge is -2.27. The van der Waals surface area contributed by atoms with E-state index in [0.29, 0.717) is 6.61 Å². The largest absolute Gasteiger partial charge is 0.396 e. The minimum absolute atomic E-state index is 0.0737. The molecule has 3 nitrogen and oxygen atoms in total. The number of nitrogens with two attached hydrogens (primary N) is 1. The van der Waals surface area contributed by atoms with Gasteiger partial charge in [0.2, 0.25) is 0 Å². The summed E-state index contributed by atoms with van der Waals surface area (Å²) in [6.07, 6.45) is 9.12. The fourth-order valence-electron chi connectivity index (χ4n) is 2.17. The fourth-order valence-corrected chi connectivity index (χ4v) is 2.17. The predicted molar refractivity (Wildman–Crippen MR) is 61.8 cm³/mol. The van der Waals surface area contributed by atoms with Crippen molar-refractivity contribution in [3.8, 4) is 0 Å². The van der Waals surface area contributed by atoms with Crippen molar-refractivity contribution in [2.45, 2.75) is 56.9 Å². The van der Waals surface area contributed by atoms with Crippen LogP contribution in [-0.2, 0) is 4.74 Å². The van der Waals surface area contributed by atoms with Gasteiger partial charge < -0.3 is 15.6 Å². The van der Waals surface area contributed by atoms with Gasteiger partial charge in [-0.05, 0) is 25.7 Å². The Morgan fingerprint density at radius 3 is 2.33 bits per heavy atom. The van der Waals surface area contributed by atoms with Crippen molar-refractivity contribution >= 4 is 0 Å². The molecule has 0 bridgehead atoms. The Morgan fingerprint density at radius 2 is 1.73 bits per heavy atom. The van der Waals surface area contributed by atoms with Gasteiger partial charge in [0.1, 0.15) is 0 Å². The summed E-state index contributed by atoms with van der Waals surface area (Å²) in [5.41, 5.74) is 6.23. The molecule has 1 aliphatic rings. The van der Waals surface area contributed by atoms with Crippen molar-refractivity contribution in [1.29, 1.82) is 0 Å². The maximum atomic E-state index is 8.62. The number of hydrogen-bond donors (Lipinski definition) is 2. The Hall–Kier alpha value is -0.120. The van der Waals surface area contributed by atoms with E-state index in [0.717, 1.165) is 32.3 Å². The molecule has 0 heterocycles. The van der Waals surface area contributed by atoms with Crippen LogP contribution < -0.4 is 5.73 Å². The van der Waals surface area contributed by atoms with Gasteiger partial charge in [-0.2, -0.15) is 0 Å². The lowest BCUT2D eigenvalue weighted by Crippen LogP contribution is -2.44. The van der Waals surface area contributed by atoms with E-state index >= 15 is 0 Å². The number of rotatable bonds is 6. The summed E-state index contributed by atoms with van der Waals surface area (Å²) in [4.78, 5) is 0. The number of aliphatic hydroxyl groups is 1. The minimum Gasteiger partial charge on any atom is -0.396 e. The van der Waals surface area contributed by atoms with E-state index in [1.807, 2.05) is 0 Å². The minimum atomic E-state index is -0.0737. The highest BCUT2D eigenvalue weighted by molar-refractivity contribution is 4.85. The van der Waals surface area contributed by atoms with Crippen LogP contribution in [0.1, 0.15) is 51.4 Å². The molecule has 3 heteroatoms. The van der Waals surface area contributed by atoms with E-state index in [9.17, 15) is 0 Å². The summed E-state index contributed by atoms with van der Waals surface area (Å²) < 4.78 is 5.60. The smallest absolute Gasteiger partial charge is 0.0646 e. The van der Waals surface area contributed by atoms with Crippen LogP contribution in [0.3, 0.4) is 0 Å². The van der Waals surface area contributed by atoms with Crippen molar-refractivity contribution in [2.75, 3.05) is 19.8 Å². The zero-order chi connectivity index (χ0) is 11.0. The second-order valence-corrected chi connectivity index (χ2v) is 4.76. The average Bonchev–Trinajstić information content (AvgIpc) is 2.43. The van der Waals surface area contributed by atoms with E-state index < -0.39 is 0 Å². The Kier molecular flexibility index (Phi) is 6.22. The van der Waals surface area contributed by atoms with Crippen LogP contribution in [0, 0.1) is 0 Å². The summed E-state index contributed by atoms with van der Waals surface area (Å²) in [7, 11) is 0. The SMILES string of the molecule is NC1(COCCCCO)CCCCCC1. The molecule has 0 aromatic carbocycles. The maximum absolute atomic E-state index is 8.62. The molecule has 0 aliphatic heterocycles. The first kappa shape index (κ1) is 12.9. The Morgan fingerprint density at radius 1 is 1.07 bits per heavy atom. The molecule has 1 rings (SSSR count). The molecule has 3 N–H and O–H groups in total. The molecule has 0 aromatic heterocycles. The quantitative estimate of drug-likeness (QED) is 0.525. The Balaban J connectivity index is 2.11. The first-order valence-electron chi connectivity index (χ1n) is 6.24. The molecule has 0 radical (unpaired) electrons. The molecule has 1 aliphatic carbocycles. The number of ether oxygens (including phenoxy) is 1. The molecule has 0 spiro atoms. The topological polar surface area (TPSA) is 55.5 Å². The first-order chi connectivity index (χ1) is 7.27. The maximum Gasteiger partial charge on any atom is 0.0646 e. The normalized spacial score (nSPS) is 21.2. The number of aliphatic hydroxyl groups excluding tert-OH is 1. The third-order valence-electron chi connectivity index (χ3n) is 3.19. The molecule has 0 amide bonds. The van der Waals surface area contributed by atoms with Gasteiger partial charge in [-0.3, -0.25) is 0 Å². The van der Waals surface area contributed by atoms with Gasteiger partial charge in [0.15, 0.2) is 0 Å². The van der Waals surface area contributed by atoms with Crippen LogP contribution in [0.5, 0.6) is 0 Å². The van der Waals surface area contributed by atoms with Crippen LogP contribution in [0.4, 0.5) is 0 Å². The van der Waals surface area contributed by atoms with Crippen LogP contribution >= 0.6 is 0 Å². The summed E-state index contributed by atoms with van der Waals surface area (Å²) in [5.74, 6) is 0. The highest BCUT2D eigenvalue weighted by Crippen LogP contribution is 2.25. The highest BCUT2D eigenvalue weighted by atomic mass is 16.5. The van der Waals surface area contributed by atoms with Gasteiger partial charge in [0.25, 0.3) is 0 Å². The van der Waals surface area contributed by atoms with Gasteiger partial charge in [-0.25, -0.2) is 0 Å². The van der Waals surface area contributed by atoms with Crippen LogP contribution in [-0.4, -0.2) is 30.5 Å². The number of hydrogen-bond acceptors (Lipinski definition) is 3. The fraction of sp³-hybridized carbons (Fsp3) is 1.00. The number of unbranched alkanes of at least 4 members (excludes halogenated alkanes) is 1. The molecule has 90 valence electrons. The molecule has 0 aromatic rings. The van der Waals surface area contributed by atoms with E-state index in [2.05, 4.69) is 0 Å². The molecule has 0 saturated heterocycles. The van der Waals surface area contributed by atoms with Gasteiger partial charge in [-0.1, -0.05) is 25.7 Å². The van der Waals surface area contributed by atoms with E-state index in [-0.39, 0.29) is 12.1 Å². The van der Waals surface area contributed by atoms with Crippen molar-refractivity contribution in [1.82, 2.24) is 0 Å². The van der Waals surface area contributed by atoms with Crippen LogP contribution in [0.15, 0.2) is 0 Å². The summed E-state index contributed by atoms with van der Waals surface area (Å²) >= 11 is 0. The summed E-state index contributed by atoms with van der Waals surface area (Å²) in [6, 6.07) is 0. The third-order valence-corrected chi connectivity index (χ3v) is 3.19. The molecule has 15 heavy (non-hydrogen) atoms. The lowest BCUT2D eigenvalue weighted by atomic mass is 9.93. The molecule has 1 fully saturated rings. The zero-order valence-electron chi connectivity index (χ0n) is 9.71. The van der Waals surface area contributed by atoms with E-state index in [1.165, 1.54) is 25.7 Å². The second kappa shape index (κ2) is 7.20. The van der Waals surface area contributed by atoms with Crippen molar-refractivity contribution < 1.29 is 9.84 Å². The van der Waals surface area contributed by atoms with E-state index in [4.69, 9.17) is 15.6 Å². The average molecular weight is 215 g/mol. The van der Waals surface area contributed by atoms with Gasteiger partial charge >= 0.3 is 0 Å². The monoisotopic (exact) mass is 215 g/mol. The van der Waals surface area contributed by atoms with Crippen molar-refractivity contribution in [3.63, 3.8) is 0 Å². The molecule has 0 unspecified atom stereocenters. The van der Waals surface area contributed by atoms with Crippen molar-refractivity contribution in [3.05, 3.63) is 0 Å². The van der Waals surface area contributed by atoms with Crippen molar-refractivity contribution in [2.24, 2.45) is 5.73 Å². The van der Waals surface area contributed by atoms with E-state index in [1.54, 1.807) is 0 Å². The summed E-state index contributed by atoms with van der Waals surface area (Å²) in [5, 5.41) is 8.62. The second-order valence-electron chi connectivity index (χ2n) is 4.76. The first-order valence-corrected chi connectivity index (χ1v) is 6.24. The highest BCUT2D eigenvalue weighted by Gasteiger charge is 2.26. The molecule has 0 atom stereocenters. The van der Waals surface area contributed by atoms with Crippen LogP contribution in [0.2, 0.25) is 0 Å². The third kappa shape index (κ3) is 5.50. The summed E-state index contributed by atoms with van der Waals surface area (Å²) in [6.45, 7) is 1.69. The zero-order valence-corrected chi connectivity index (χ0v) is 9.71. The van der Waals surface area contributed by atoms with Crippen LogP contribution in [0.25, 0.3) is 0 Å². The van der Waals surface area contributed by atoms with Gasteiger partial charge in [0.05, 0.1) is 6.61 Å². The van der Waals surface area contributed by atoms with Gasteiger partial charge in [0, 0.05) is 18.8 Å². The molecule has 1 saturated carbocycles. The Labute approximate surface area is 93.0 Å². The standard InChI is InChI=1S/C12H25NO2/c13-12(7-3-1-2-4-8-12)11-15-10-6-5-9-14/h14H,1-11,13H2. The Bertz CT molecular complexity index is 154. The molecular weight excluding hydrogens is 190 g/mol. The molecular formula is C12H25NO2. The predicted octanol–water partition coefficient (Wildman–Crippen LogP) is 1.83.